The van der Waals surface area contributed by atoms with Gasteiger partial charge in [-0.15, -0.1) is 20.5 Å². The molecule has 0 bridgehead atoms. The highest BCUT2D eigenvalue weighted by Gasteiger charge is 2.28. The smallest absolute Gasteiger partial charge is 0.340 e. The summed E-state index contributed by atoms with van der Waals surface area (Å²) in [5, 5.41) is 60.8. The number of nitrogens with zero attached hydrogens (tertiary/aromatic N) is 8. The van der Waals surface area contributed by atoms with E-state index >= 15 is 0 Å². The van der Waals surface area contributed by atoms with Crippen LogP contribution in [0.1, 0.15) is 222 Å². The lowest BCUT2D eigenvalue weighted by atomic mass is 10.0. The molecule has 4 atom stereocenters. The summed E-state index contributed by atoms with van der Waals surface area (Å²) in [6.07, 6.45) is 14.0. The molecule has 2 aromatic heterocycles. The lowest BCUT2D eigenvalue weighted by Crippen LogP contribution is -2.28. The van der Waals surface area contributed by atoms with Crippen LogP contribution < -0.4 is 11.1 Å². The van der Waals surface area contributed by atoms with E-state index in [1.807, 2.05) is 39.8 Å². The summed E-state index contributed by atoms with van der Waals surface area (Å²) in [5.41, 5.74) is -5.21. The number of aromatic hydroxyl groups is 2. The first-order chi connectivity index (χ1) is 40.4. The topological polar surface area (TPSA) is 287 Å². The highest BCUT2D eigenvalue weighted by atomic mass is 16.5. The molecular weight excluding hydrogens is 1070 g/mol. The van der Waals surface area contributed by atoms with Crippen LogP contribution in [0, 0.1) is 60.2 Å². The number of carbonyl (C=O) groups is 4. The van der Waals surface area contributed by atoms with E-state index in [2.05, 4.69) is 48.2 Å². The number of rotatable bonds is 35. The van der Waals surface area contributed by atoms with Gasteiger partial charge in [0.2, 0.25) is 11.8 Å². The van der Waals surface area contributed by atoms with Crippen molar-refractivity contribution in [1.82, 2.24) is 9.13 Å². The molecule has 20 heteroatoms. The lowest BCUT2D eigenvalue weighted by molar-refractivity contribution is 0.0410. The molecule has 0 saturated carbocycles. The monoisotopic (exact) mass is 1160 g/mol. The molecule has 0 spiro atoms. The largest absolute Gasteiger partial charge is 0.493 e. The summed E-state index contributed by atoms with van der Waals surface area (Å²) in [4.78, 5) is 84.7. The molecule has 0 amide bonds. The van der Waals surface area contributed by atoms with Crippen LogP contribution in [0.25, 0.3) is 0 Å². The Morgan fingerprint density at radius 3 is 0.940 bits per heavy atom. The maximum Gasteiger partial charge on any atom is 0.340 e. The van der Waals surface area contributed by atoms with E-state index in [1.165, 1.54) is 50.2 Å². The van der Waals surface area contributed by atoms with E-state index in [0.717, 1.165) is 103 Å². The van der Waals surface area contributed by atoms with Gasteiger partial charge in [-0.3, -0.25) is 18.7 Å². The van der Waals surface area contributed by atoms with Crippen LogP contribution in [0.2, 0.25) is 0 Å². The maximum atomic E-state index is 14.5. The first-order valence-corrected chi connectivity index (χ1v) is 30.0. The van der Waals surface area contributed by atoms with Gasteiger partial charge in [-0.1, -0.05) is 145 Å². The van der Waals surface area contributed by atoms with Gasteiger partial charge in [-0.2, -0.15) is 10.5 Å². The van der Waals surface area contributed by atoms with Gasteiger partial charge < -0.3 is 29.2 Å². The van der Waals surface area contributed by atoms with E-state index in [0.29, 0.717) is 9.13 Å². The van der Waals surface area contributed by atoms with Gasteiger partial charge in [0, 0.05) is 24.2 Å². The summed E-state index contributed by atoms with van der Waals surface area (Å²) in [6.45, 7) is 18.1. The molecule has 2 aromatic carbocycles. The van der Waals surface area contributed by atoms with Gasteiger partial charge in [0.05, 0.1) is 48.7 Å². The third kappa shape index (κ3) is 18.2. The number of hydrogen-bond donors (Lipinski definition) is 2. The molecular formula is C64H86N8O12. The number of nitriles is 2. The number of hydrogen-bond acceptors (Lipinski definition) is 18. The van der Waals surface area contributed by atoms with Gasteiger partial charge in [0.1, 0.15) is 34.6 Å². The van der Waals surface area contributed by atoms with Gasteiger partial charge in [-0.25, -0.2) is 19.2 Å². The summed E-state index contributed by atoms with van der Waals surface area (Å²) < 4.78 is 24.6. The summed E-state index contributed by atoms with van der Waals surface area (Å²) >= 11 is 0. The number of pyridine rings is 2. The van der Waals surface area contributed by atoms with Crippen LogP contribution in [0.4, 0.5) is 22.7 Å². The Labute approximate surface area is 493 Å². The van der Waals surface area contributed by atoms with Gasteiger partial charge in [0.15, 0.2) is 11.4 Å². The van der Waals surface area contributed by atoms with Crippen LogP contribution in [0.3, 0.4) is 0 Å². The van der Waals surface area contributed by atoms with E-state index in [9.17, 15) is 49.5 Å². The molecule has 0 aliphatic rings. The molecule has 0 aliphatic heterocycles. The number of ether oxygens (including phenoxy) is 4. The Kier molecular flexibility index (Phi) is 28.7. The molecule has 2 N–H and O–H groups in total. The van der Waals surface area contributed by atoms with Gasteiger partial charge >= 0.3 is 23.9 Å². The minimum absolute atomic E-state index is 0.0755. The van der Waals surface area contributed by atoms with Crippen molar-refractivity contribution in [2.45, 2.75) is 185 Å². The summed E-state index contributed by atoms with van der Waals surface area (Å²) in [6, 6.07) is 12.3. The van der Waals surface area contributed by atoms with Gasteiger partial charge in [-0.05, 0) is 87.5 Å². The van der Waals surface area contributed by atoms with Crippen molar-refractivity contribution in [2.75, 3.05) is 26.4 Å². The second-order valence-corrected chi connectivity index (χ2v) is 21.3. The van der Waals surface area contributed by atoms with E-state index in [4.69, 9.17) is 18.9 Å². The zero-order chi connectivity index (χ0) is 61.9. The Hall–Kier alpha value is -8.00. The van der Waals surface area contributed by atoms with Crippen molar-refractivity contribution in [3.63, 3.8) is 0 Å². The highest BCUT2D eigenvalue weighted by Crippen LogP contribution is 2.34. The van der Waals surface area contributed by atoms with Crippen molar-refractivity contribution in [2.24, 2.45) is 44.1 Å². The van der Waals surface area contributed by atoms with E-state index in [-0.39, 0.29) is 94.9 Å². The highest BCUT2D eigenvalue weighted by molar-refractivity contribution is 6.04. The predicted octanol–water partition coefficient (Wildman–Crippen LogP) is 14.8. The van der Waals surface area contributed by atoms with Crippen molar-refractivity contribution in [3.8, 4) is 23.9 Å². The van der Waals surface area contributed by atoms with E-state index < -0.39 is 82.3 Å². The third-order valence-corrected chi connectivity index (χ3v) is 15.5. The lowest BCUT2D eigenvalue weighted by Gasteiger charge is -2.17. The molecule has 84 heavy (non-hydrogen) atoms. The quantitative estimate of drug-likeness (QED) is 0.0246. The Balaban J connectivity index is 1.86. The molecule has 4 aromatic rings. The fourth-order valence-corrected chi connectivity index (χ4v) is 9.57. The molecule has 0 radical (unpaired) electrons. The standard InChI is InChI=1S/C64H86N8O12/c1-11-19-25-43(15-5)37-81-61(77)47-29-23-30-48(62(78)82-38-44(16-6)26-20-12-2)55(47)69-67-53-41(9)51(35-65)57(73)71(59(53)75)33-34-72-58(74)52(36-66)42(10)54(60(72)76)68-70-56-49(63(79)83-39-45(17-7)27-21-13-3)31-24-32-50(56)64(80)84-40-46(18-8)28-22-14-4/h23-24,29-32,43-46,73-74H,11-22,25-28,33-34,37-40H2,1-10H3. The van der Waals surface area contributed by atoms with Crippen LogP contribution in [-0.4, -0.2) is 69.7 Å². The maximum absolute atomic E-state index is 14.5. The molecule has 2 heterocycles. The van der Waals surface area contributed by atoms with Crippen LogP contribution >= 0.6 is 0 Å². The molecule has 0 fully saturated rings. The number of aromatic nitrogens is 2. The van der Waals surface area contributed by atoms with E-state index in [1.54, 1.807) is 0 Å². The zero-order valence-corrected chi connectivity index (χ0v) is 50.9. The van der Waals surface area contributed by atoms with Crippen LogP contribution in [0.15, 0.2) is 66.4 Å². The molecule has 454 valence electrons. The molecule has 4 rings (SSSR count). The summed E-state index contributed by atoms with van der Waals surface area (Å²) in [7, 11) is 0. The van der Waals surface area contributed by atoms with Crippen LogP contribution in [0.5, 0.6) is 11.8 Å². The molecule has 4 unspecified atom stereocenters. The van der Waals surface area contributed by atoms with Crippen molar-refractivity contribution in [1.29, 1.82) is 10.5 Å². The van der Waals surface area contributed by atoms with Crippen molar-refractivity contribution >= 4 is 46.6 Å². The van der Waals surface area contributed by atoms with Crippen LogP contribution in [-0.2, 0) is 32.0 Å². The first-order valence-electron chi connectivity index (χ1n) is 30.0. The third-order valence-electron chi connectivity index (χ3n) is 15.5. The Morgan fingerprint density at radius 1 is 0.464 bits per heavy atom. The number of benzene rings is 2. The minimum Gasteiger partial charge on any atom is -0.493 e. The average molecular weight is 1160 g/mol. The normalized spacial score (nSPS) is 12.8. The second-order valence-electron chi connectivity index (χ2n) is 21.3. The fourth-order valence-electron chi connectivity index (χ4n) is 9.57. The first kappa shape index (κ1) is 68.5. The minimum atomic E-state index is -1.03. The Bertz CT molecular complexity index is 2860. The average Bonchev–Trinajstić information content (AvgIpc) is 1.92. The SMILES string of the molecule is CCCCC(CC)COC(=O)c1cccc(C(=O)OCC(CC)CCCC)c1N=Nc1c(C)c(C#N)c(O)n(CCn2c(O)c(C#N)c(C)c(N=Nc3c(C(=O)OCC(CC)CCCC)cccc3C(=O)OCC(CC)CCCC)c2=O)c1=O. The zero-order valence-electron chi connectivity index (χ0n) is 50.9. The fraction of sp³-hybridized carbons (Fsp3) is 0.562. The number of esters is 4. The predicted molar refractivity (Wildman–Crippen MR) is 319 cm³/mol. The second kappa shape index (κ2) is 35.2. The van der Waals surface area contributed by atoms with Crippen molar-refractivity contribution < 1.29 is 48.3 Å². The molecule has 20 nitrogen and oxygen atoms in total. The molecule has 0 saturated heterocycles. The van der Waals surface area contributed by atoms with Crippen molar-refractivity contribution in [3.05, 3.63) is 102 Å². The Morgan fingerprint density at radius 2 is 0.714 bits per heavy atom. The number of carbonyl (C=O) groups excluding carboxylic acids is 4. The van der Waals surface area contributed by atoms with Gasteiger partial charge in [0.25, 0.3) is 11.1 Å². The number of unbranched alkanes of at least 4 members (excludes halogenated alkanes) is 4. The summed E-state index contributed by atoms with van der Waals surface area (Å²) in [5.74, 6) is -4.56. The number of azo groups is 2. The molecule has 0 aliphatic carbocycles.